The monoisotopic (exact) mass is 298 g/mol. The normalized spacial score (nSPS) is 23.6. The van der Waals surface area contributed by atoms with Gasteiger partial charge in [0.05, 0.1) is 0 Å². The van der Waals surface area contributed by atoms with E-state index in [0.717, 1.165) is 25.8 Å². The van der Waals surface area contributed by atoms with E-state index in [1.54, 1.807) is 4.90 Å². The van der Waals surface area contributed by atoms with Gasteiger partial charge in [0, 0.05) is 51.2 Å². The molecular formula is C15H26N2O4. The Bertz CT molecular complexity index is 367. The highest BCUT2D eigenvalue weighted by Crippen LogP contribution is 2.24. The largest absolute Gasteiger partial charge is 0.396 e. The molecule has 0 aliphatic carbocycles. The van der Waals surface area contributed by atoms with Crippen molar-refractivity contribution in [2.45, 2.75) is 26.2 Å². The molecule has 2 aliphatic heterocycles. The summed E-state index contributed by atoms with van der Waals surface area (Å²) in [6.07, 6.45) is 2.36. The zero-order chi connectivity index (χ0) is 15.2. The van der Waals surface area contributed by atoms with Crippen LogP contribution in [0, 0.1) is 11.8 Å². The maximum atomic E-state index is 12.4. The van der Waals surface area contributed by atoms with E-state index in [9.17, 15) is 9.59 Å². The summed E-state index contributed by atoms with van der Waals surface area (Å²) in [5.41, 5.74) is 0. The van der Waals surface area contributed by atoms with E-state index < -0.39 is 0 Å². The molecule has 2 rings (SSSR count). The van der Waals surface area contributed by atoms with Crippen LogP contribution in [0.3, 0.4) is 0 Å². The third-order valence-electron chi connectivity index (χ3n) is 4.48. The summed E-state index contributed by atoms with van der Waals surface area (Å²) in [4.78, 5) is 27.9. The van der Waals surface area contributed by atoms with Crippen molar-refractivity contribution in [1.82, 2.24) is 9.80 Å². The van der Waals surface area contributed by atoms with E-state index in [1.807, 2.05) is 11.8 Å². The molecule has 0 bridgehead atoms. The molecule has 1 N–H and O–H groups in total. The standard InChI is InChI=1S/C15H26N2O4/c1-2-21-11-14(19)16-7-4-13(5-8-16)15(20)17-6-3-12(9-17)10-18/h12-13,18H,2-11H2,1H3/t12-/m0/s1. The third kappa shape index (κ3) is 4.17. The van der Waals surface area contributed by atoms with Gasteiger partial charge in [0.1, 0.15) is 6.61 Å². The highest BCUT2D eigenvalue weighted by molar-refractivity contribution is 5.80. The van der Waals surface area contributed by atoms with Crippen LogP contribution in [0.25, 0.3) is 0 Å². The lowest BCUT2D eigenvalue weighted by atomic mass is 9.95. The van der Waals surface area contributed by atoms with Crippen molar-refractivity contribution < 1.29 is 19.4 Å². The topological polar surface area (TPSA) is 70.1 Å². The quantitative estimate of drug-likeness (QED) is 0.782. The summed E-state index contributed by atoms with van der Waals surface area (Å²) >= 11 is 0. The van der Waals surface area contributed by atoms with E-state index in [2.05, 4.69) is 0 Å². The number of hydrogen-bond acceptors (Lipinski definition) is 4. The summed E-state index contributed by atoms with van der Waals surface area (Å²) in [5.74, 6) is 0.479. The predicted molar refractivity (Wildman–Crippen MR) is 77.6 cm³/mol. The molecule has 0 aromatic rings. The summed E-state index contributed by atoms with van der Waals surface area (Å²) in [5, 5.41) is 9.15. The van der Waals surface area contributed by atoms with Crippen LogP contribution in [0.4, 0.5) is 0 Å². The second-order valence-corrected chi connectivity index (χ2v) is 5.91. The molecular weight excluding hydrogens is 272 g/mol. The number of carbonyl (C=O) groups is 2. The molecule has 2 aliphatic rings. The second kappa shape index (κ2) is 7.75. The van der Waals surface area contributed by atoms with Gasteiger partial charge < -0.3 is 19.6 Å². The zero-order valence-electron chi connectivity index (χ0n) is 12.8. The van der Waals surface area contributed by atoms with Crippen LogP contribution < -0.4 is 0 Å². The molecule has 1 atom stereocenters. The van der Waals surface area contributed by atoms with Crippen molar-refractivity contribution in [3.8, 4) is 0 Å². The van der Waals surface area contributed by atoms with Crippen LogP contribution in [0.5, 0.6) is 0 Å². The molecule has 2 fully saturated rings. The van der Waals surface area contributed by atoms with Crippen LogP contribution >= 0.6 is 0 Å². The number of amides is 2. The SMILES string of the molecule is CCOCC(=O)N1CCC(C(=O)N2CC[C@H](CO)C2)CC1. The minimum atomic E-state index is 0.0178. The molecule has 0 unspecified atom stereocenters. The minimum Gasteiger partial charge on any atom is -0.396 e. The van der Waals surface area contributed by atoms with Crippen LogP contribution in [0.15, 0.2) is 0 Å². The van der Waals surface area contributed by atoms with Gasteiger partial charge in [-0.3, -0.25) is 9.59 Å². The van der Waals surface area contributed by atoms with Crippen molar-refractivity contribution in [3.63, 3.8) is 0 Å². The van der Waals surface area contributed by atoms with E-state index >= 15 is 0 Å². The Morgan fingerprint density at radius 1 is 1.14 bits per heavy atom. The molecule has 2 amide bonds. The fraction of sp³-hybridized carbons (Fsp3) is 0.867. The maximum absolute atomic E-state index is 12.4. The van der Waals surface area contributed by atoms with Crippen molar-refractivity contribution in [3.05, 3.63) is 0 Å². The molecule has 0 spiro atoms. The highest BCUT2D eigenvalue weighted by Gasteiger charge is 2.33. The Hall–Kier alpha value is -1.14. The van der Waals surface area contributed by atoms with Crippen LogP contribution in [0.2, 0.25) is 0 Å². The Morgan fingerprint density at radius 2 is 1.81 bits per heavy atom. The Morgan fingerprint density at radius 3 is 2.38 bits per heavy atom. The molecule has 21 heavy (non-hydrogen) atoms. The Kier molecular flexibility index (Phi) is 5.99. The van der Waals surface area contributed by atoms with E-state index in [-0.39, 0.29) is 36.9 Å². The molecule has 120 valence electrons. The number of aliphatic hydroxyl groups excluding tert-OH is 1. The van der Waals surface area contributed by atoms with Gasteiger partial charge >= 0.3 is 0 Å². The number of carbonyl (C=O) groups excluding carboxylic acids is 2. The third-order valence-corrected chi connectivity index (χ3v) is 4.48. The molecule has 0 radical (unpaired) electrons. The first-order valence-electron chi connectivity index (χ1n) is 7.90. The molecule has 0 saturated carbocycles. The summed E-state index contributed by atoms with van der Waals surface area (Å²) in [6.45, 7) is 5.43. The summed E-state index contributed by atoms with van der Waals surface area (Å²) in [6, 6.07) is 0. The van der Waals surface area contributed by atoms with Crippen LogP contribution in [-0.4, -0.2) is 72.7 Å². The smallest absolute Gasteiger partial charge is 0.248 e. The minimum absolute atomic E-state index is 0.0178. The number of nitrogens with zero attached hydrogens (tertiary/aromatic N) is 2. The number of ether oxygens (including phenoxy) is 1. The maximum Gasteiger partial charge on any atom is 0.248 e. The van der Waals surface area contributed by atoms with Gasteiger partial charge in [-0.25, -0.2) is 0 Å². The first-order chi connectivity index (χ1) is 10.2. The lowest BCUT2D eigenvalue weighted by Gasteiger charge is -2.33. The molecule has 0 aromatic heterocycles. The average Bonchev–Trinajstić information content (AvgIpc) is 3.01. The van der Waals surface area contributed by atoms with Gasteiger partial charge in [0.25, 0.3) is 0 Å². The van der Waals surface area contributed by atoms with Crippen molar-refractivity contribution >= 4 is 11.8 Å². The van der Waals surface area contributed by atoms with Gasteiger partial charge in [-0.2, -0.15) is 0 Å². The van der Waals surface area contributed by atoms with Crippen molar-refractivity contribution in [1.29, 1.82) is 0 Å². The van der Waals surface area contributed by atoms with Gasteiger partial charge in [0.2, 0.25) is 11.8 Å². The average molecular weight is 298 g/mol. The molecule has 6 heteroatoms. The fourth-order valence-corrected chi connectivity index (χ4v) is 3.10. The van der Waals surface area contributed by atoms with Crippen LogP contribution in [0.1, 0.15) is 26.2 Å². The molecule has 2 heterocycles. The Balaban J connectivity index is 1.76. The predicted octanol–water partition coefficient (Wildman–Crippen LogP) is 0.102. The van der Waals surface area contributed by atoms with Gasteiger partial charge in [-0.15, -0.1) is 0 Å². The fourth-order valence-electron chi connectivity index (χ4n) is 3.10. The molecule has 6 nitrogen and oxygen atoms in total. The number of aliphatic hydroxyl groups is 1. The highest BCUT2D eigenvalue weighted by atomic mass is 16.5. The lowest BCUT2D eigenvalue weighted by molar-refractivity contribution is -0.142. The Labute approximate surface area is 126 Å². The van der Waals surface area contributed by atoms with Crippen molar-refractivity contribution in [2.24, 2.45) is 11.8 Å². The van der Waals surface area contributed by atoms with E-state index in [1.165, 1.54) is 0 Å². The van der Waals surface area contributed by atoms with Crippen molar-refractivity contribution in [2.75, 3.05) is 46.0 Å². The zero-order valence-corrected chi connectivity index (χ0v) is 12.8. The first kappa shape index (κ1) is 16.2. The summed E-state index contributed by atoms with van der Waals surface area (Å²) < 4.78 is 5.14. The van der Waals surface area contributed by atoms with E-state index in [4.69, 9.17) is 9.84 Å². The lowest BCUT2D eigenvalue weighted by Crippen LogP contribution is -2.45. The molecule has 2 saturated heterocycles. The second-order valence-electron chi connectivity index (χ2n) is 5.91. The van der Waals surface area contributed by atoms with Crippen LogP contribution in [-0.2, 0) is 14.3 Å². The number of piperidine rings is 1. The van der Waals surface area contributed by atoms with Gasteiger partial charge in [0.15, 0.2) is 0 Å². The molecule has 0 aromatic carbocycles. The van der Waals surface area contributed by atoms with Gasteiger partial charge in [-0.1, -0.05) is 0 Å². The van der Waals surface area contributed by atoms with Gasteiger partial charge in [-0.05, 0) is 26.2 Å². The summed E-state index contributed by atoms with van der Waals surface area (Å²) in [7, 11) is 0. The first-order valence-corrected chi connectivity index (χ1v) is 7.90. The number of hydrogen-bond donors (Lipinski definition) is 1. The number of likely N-dealkylation sites (tertiary alicyclic amines) is 2. The van der Waals surface area contributed by atoms with E-state index in [0.29, 0.717) is 26.2 Å². The number of rotatable bonds is 5.